The van der Waals surface area contributed by atoms with Crippen LogP contribution in [0.4, 0.5) is 10.5 Å². The maximum absolute atomic E-state index is 12.5. The zero-order valence-electron chi connectivity index (χ0n) is 14.5. The van der Waals surface area contributed by atoms with Gasteiger partial charge >= 0.3 is 6.03 Å². The summed E-state index contributed by atoms with van der Waals surface area (Å²) in [7, 11) is 1.62. The van der Waals surface area contributed by atoms with E-state index in [0.29, 0.717) is 44.5 Å². The summed E-state index contributed by atoms with van der Waals surface area (Å²) in [6.07, 6.45) is 3.38. The largest absolute Gasteiger partial charge is 0.475 e. The number of piperidine rings is 1. The fraction of sp³-hybridized carbons (Fsp3) is 0.647. The van der Waals surface area contributed by atoms with Crippen LogP contribution in [0.25, 0.3) is 0 Å². The summed E-state index contributed by atoms with van der Waals surface area (Å²) in [6, 6.07) is 3.37. The van der Waals surface area contributed by atoms with Gasteiger partial charge in [-0.2, -0.15) is 0 Å². The van der Waals surface area contributed by atoms with Crippen LogP contribution in [-0.4, -0.2) is 68.8 Å². The molecule has 1 atom stereocenters. The minimum Gasteiger partial charge on any atom is -0.475 e. The van der Waals surface area contributed by atoms with Crippen LogP contribution in [0.1, 0.15) is 12.8 Å². The van der Waals surface area contributed by atoms with E-state index in [9.17, 15) is 4.79 Å². The average Bonchev–Trinajstić information content (AvgIpc) is 3.18. The smallest absolute Gasteiger partial charge is 0.321 e. The predicted molar refractivity (Wildman–Crippen MR) is 90.6 cm³/mol. The summed E-state index contributed by atoms with van der Waals surface area (Å²) in [5.74, 6) is 0.736. The number of methoxy groups -OCH3 is 1. The minimum atomic E-state index is -0.180. The Balaban J connectivity index is 1.49. The molecule has 0 bridgehead atoms. The number of anilines is 1. The highest BCUT2D eigenvalue weighted by atomic mass is 16.7. The van der Waals surface area contributed by atoms with E-state index in [1.165, 1.54) is 0 Å². The molecule has 2 aliphatic rings. The fourth-order valence-electron chi connectivity index (χ4n) is 3.04. The number of urea groups is 1. The van der Waals surface area contributed by atoms with E-state index in [0.717, 1.165) is 19.4 Å². The zero-order valence-corrected chi connectivity index (χ0v) is 14.5. The lowest BCUT2D eigenvalue weighted by molar-refractivity contribution is -0.0959. The molecule has 0 spiro atoms. The van der Waals surface area contributed by atoms with Crippen molar-refractivity contribution in [2.75, 3.05) is 51.9 Å². The topological polar surface area (TPSA) is 82.2 Å². The molecule has 1 N–H and O–H groups in total. The summed E-state index contributed by atoms with van der Waals surface area (Å²) >= 11 is 0. The number of aromatic nitrogens is 1. The molecule has 2 saturated heterocycles. The van der Waals surface area contributed by atoms with Gasteiger partial charge in [-0.25, -0.2) is 9.78 Å². The van der Waals surface area contributed by atoms with Crippen LogP contribution in [-0.2, 0) is 14.2 Å². The maximum Gasteiger partial charge on any atom is 0.321 e. The summed E-state index contributed by atoms with van der Waals surface area (Å²) < 4.78 is 21.5. The molecule has 1 aromatic heterocycles. The van der Waals surface area contributed by atoms with E-state index in [4.69, 9.17) is 18.9 Å². The van der Waals surface area contributed by atoms with Crippen molar-refractivity contribution in [1.82, 2.24) is 9.88 Å². The number of rotatable bonds is 6. The van der Waals surface area contributed by atoms with Crippen LogP contribution < -0.4 is 10.1 Å². The number of pyridine rings is 1. The molecular weight excluding hydrogens is 326 g/mol. The number of ether oxygens (including phenoxy) is 4. The van der Waals surface area contributed by atoms with E-state index in [2.05, 4.69) is 10.3 Å². The molecule has 3 heterocycles. The van der Waals surface area contributed by atoms with Gasteiger partial charge in [0.05, 0.1) is 31.7 Å². The quantitative estimate of drug-likeness (QED) is 0.786. The van der Waals surface area contributed by atoms with Crippen molar-refractivity contribution in [1.29, 1.82) is 0 Å². The van der Waals surface area contributed by atoms with Gasteiger partial charge in [0.25, 0.3) is 0 Å². The lowest BCUT2D eigenvalue weighted by Gasteiger charge is -2.34. The van der Waals surface area contributed by atoms with Gasteiger partial charge < -0.3 is 29.2 Å². The van der Waals surface area contributed by atoms with Crippen molar-refractivity contribution in [3.63, 3.8) is 0 Å². The van der Waals surface area contributed by atoms with Gasteiger partial charge in [-0.05, 0) is 18.9 Å². The van der Waals surface area contributed by atoms with Gasteiger partial charge in [0.2, 0.25) is 5.88 Å². The SMILES string of the molecule is COCCOc1ccc(NC(=O)N2CCCC(C3OCCO3)C2)cn1. The number of hydrogen-bond donors (Lipinski definition) is 1. The van der Waals surface area contributed by atoms with Gasteiger partial charge in [0, 0.05) is 32.2 Å². The number of hydrogen-bond acceptors (Lipinski definition) is 6. The molecule has 0 radical (unpaired) electrons. The van der Waals surface area contributed by atoms with Crippen LogP contribution in [0.5, 0.6) is 5.88 Å². The summed E-state index contributed by atoms with van der Waals surface area (Å²) in [6.45, 7) is 3.60. The Morgan fingerprint density at radius 2 is 2.20 bits per heavy atom. The first-order valence-electron chi connectivity index (χ1n) is 8.63. The van der Waals surface area contributed by atoms with Crippen LogP contribution in [0, 0.1) is 5.92 Å². The van der Waals surface area contributed by atoms with Crippen molar-refractivity contribution < 1.29 is 23.7 Å². The van der Waals surface area contributed by atoms with Gasteiger partial charge in [0.1, 0.15) is 6.61 Å². The zero-order chi connectivity index (χ0) is 17.5. The van der Waals surface area contributed by atoms with Crippen molar-refractivity contribution >= 4 is 11.7 Å². The second kappa shape index (κ2) is 8.98. The van der Waals surface area contributed by atoms with E-state index >= 15 is 0 Å². The Hall–Kier alpha value is -1.90. The number of carbonyl (C=O) groups excluding carboxylic acids is 1. The molecule has 3 rings (SSSR count). The molecular formula is C17H25N3O5. The van der Waals surface area contributed by atoms with E-state index in [1.54, 1.807) is 25.4 Å². The first-order chi connectivity index (χ1) is 12.3. The fourth-order valence-corrected chi connectivity index (χ4v) is 3.04. The molecule has 1 unspecified atom stereocenters. The molecule has 0 saturated carbocycles. The second-order valence-electron chi connectivity index (χ2n) is 6.11. The Bertz CT molecular complexity index is 548. The Morgan fingerprint density at radius 3 is 2.92 bits per heavy atom. The lowest BCUT2D eigenvalue weighted by atomic mass is 9.98. The number of nitrogens with zero attached hydrogens (tertiary/aromatic N) is 2. The van der Waals surface area contributed by atoms with Gasteiger partial charge in [0.15, 0.2) is 6.29 Å². The number of likely N-dealkylation sites (tertiary alicyclic amines) is 1. The highest BCUT2D eigenvalue weighted by molar-refractivity contribution is 5.89. The molecule has 138 valence electrons. The molecule has 1 aromatic rings. The molecule has 8 nitrogen and oxygen atoms in total. The van der Waals surface area contributed by atoms with E-state index < -0.39 is 0 Å². The monoisotopic (exact) mass is 351 g/mol. The summed E-state index contributed by atoms with van der Waals surface area (Å²) in [5, 5.41) is 2.88. The minimum absolute atomic E-state index is 0.127. The van der Waals surface area contributed by atoms with Crippen molar-refractivity contribution in [3.05, 3.63) is 18.3 Å². The maximum atomic E-state index is 12.5. The van der Waals surface area contributed by atoms with Gasteiger partial charge in [-0.15, -0.1) is 0 Å². The van der Waals surface area contributed by atoms with Gasteiger partial charge in [-0.1, -0.05) is 0 Å². The summed E-state index contributed by atoms with van der Waals surface area (Å²) in [4.78, 5) is 18.5. The Labute approximate surface area is 147 Å². The molecule has 8 heteroatoms. The van der Waals surface area contributed by atoms with Crippen LogP contribution in [0.3, 0.4) is 0 Å². The first kappa shape index (κ1) is 17.9. The average molecular weight is 351 g/mol. The number of carbonyl (C=O) groups is 1. The van der Waals surface area contributed by atoms with Crippen molar-refractivity contribution in [2.24, 2.45) is 5.92 Å². The number of amides is 2. The van der Waals surface area contributed by atoms with Crippen LogP contribution in [0.15, 0.2) is 18.3 Å². The van der Waals surface area contributed by atoms with E-state index in [-0.39, 0.29) is 18.2 Å². The van der Waals surface area contributed by atoms with Crippen LogP contribution >= 0.6 is 0 Å². The molecule has 2 aliphatic heterocycles. The highest BCUT2D eigenvalue weighted by Crippen LogP contribution is 2.25. The van der Waals surface area contributed by atoms with Crippen LogP contribution in [0.2, 0.25) is 0 Å². The third-order valence-electron chi connectivity index (χ3n) is 4.30. The lowest BCUT2D eigenvalue weighted by Crippen LogP contribution is -2.45. The normalized spacial score (nSPS) is 21.3. The Kier molecular flexibility index (Phi) is 6.43. The molecule has 25 heavy (non-hydrogen) atoms. The molecule has 0 aliphatic carbocycles. The summed E-state index contributed by atoms with van der Waals surface area (Å²) in [5.41, 5.74) is 0.639. The predicted octanol–water partition coefficient (Wildman–Crippen LogP) is 1.72. The Morgan fingerprint density at radius 1 is 1.36 bits per heavy atom. The molecule has 2 fully saturated rings. The third-order valence-corrected chi connectivity index (χ3v) is 4.30. The molecule has 0 aromatic carbocycles. The second-order valence-corrected chi connectivity index (χ2v) is 6.11. The first-order valence-corrected chi connectivity index (χ1v) is 8.63. The van der Waals surface area contributed by atoms with E-state index in [1.807, 2.05) is 4.90 Å². The number of nitrogens with one attached hydrogen (secondary N) is 1. The standard InChI is InChI=1S/C17H25N3O5/c1-22-7-8-23-15-5-4-14(11-18-15)19-17(21)20-6-2-3-13(12-20)16-24-9-10-25-16/h4-5,11,13,16H,2-3,6-10,12H2,1H3,(H,19,21). The molecule has 2 amide bonds. The highest BCUT2D eigenvalue weighted by Gasteiger charge is 2.32. The van der Waals surface area contributed by atoms with Crippen molar-refractivity contribution in [2.45, 2.75) is 19.1 Å². The van der Waals surface area contributed by atoms with Gasteiger partial charge in [-0.3, -0.25) is 0 Å². The third kappa shape index (κ3) is 5.04. The van der Waals surface area contributed by atoms with Crippen molar-refractivity contribution in [3.8, 4) is 5.88 Å².